The Balaban J connectivity index is 1.50. The Hall–Kier alpha value is -2.65. The molecule has 1 aromatic rings. The molecule has 5 N–H and O–H groups in total. The first-order valence-corrected chi connectivity index (χ1v) is 14.3. The Labute approximate surface area is 233 Å². The van der Waals surface area contributed by atoms with Crippen LogP contribution in [-0.4, -0.2) is 70.8 Å². The molecule has 0 aliphatic carbocycles. The molecule has 0 aromatic heterocycles. The van der Waals surface area contributed by atoms with E-state index in [2.05, 4.69) is 36.7 Å². The van der Waals surface area contributed by atoms with E-state index in [9.17, 15) is 20.4 Å². The summed E-state index contributed by atoms with van der Waals surface area (Å²) in [6, 6.07) is 5.86. The number of aliphatic imine (C=N–C) groups is 1. The molecule has 0 radical (unpaired) electrons. The SMILES string of the molecule is CCCCC1[CH-]C=C(CCc2ccc(O)c(OC[C@H](O)[C+]3C=C([C@H](C)[C@H](CCCO)NC[C@H](C)O)C=N3)c2)O1. The number of hydrogen-bond donors (Lipinski definition) is 5. The molecule has 0 spiro atoms. The lowest BCUT2D eigenvalue weighted by Crippen LogP contribution is -2.40. The summed E-state index contributed by atoms with van der Waals surface area (Å²) in [5.41, 5.74) is 1.98. The van der Waals surface area contributed by atoms with Gasteiger partial charge < -0.3 is 35.2 Å². The van der Waals surface area contributed by atoms with Gasteiger partial charge in [-0.3, -0.25) is 0 Å². The number of aromatic hydroxyl groups is 1. The highest BCUT2D eigenvalue weighted by molar-refractivity contribution is 5.84. The van der Waals surface area contributed by atoms with Gasteiger partial charge in [-0.05, 0) is 57.2 Å². The number of nitrogens with one attached hydrogen (secondary N) is 1. The van der Waals surface area contributed by atoms with E-state index >= 15 is 0 Å². The minimum absolute atomic E-state index is 0.0240. The lowest BCUT2D eigenvalue weighted by Gasteiger charge is -2.23. The zero-order valence-corrected chi connectivity index (χ0v) is 23.6. The van der Waals surface area contributed by atoms with Crippen LogP contribution >= 0.6 is 0 Å². The van der Waals surface area contributed by atoms with Crippen LogP contribution in [0.5, 0.6) is 11.5 Å². The van der Waals surface area contributed by atoms with Crippen molar-refractivity contribution in [1.82, 2.24) is 5.32 Å². The highest BCUT2D eigenvalue weighted by Gasteiger charge is 2.34. The number of allylic oxidation sites excluding steroid dienone is 1. The van der Waals surface area contributed by atoms with Crippen molar-refractivity contribution in [1.29, 1.82) is 0 Å². The average Bonchev–Trinajstić information content (AvgIpc) is 3.60. The van der Waals surface area contributed by atoms with Gasteiger partial charge in [-0.15, -0.1) is 4.99 Å². The fraction of sp³-hybridized carbons (Fsp3) is 0.581. The summed E-state index contributed by atoms with van der Waals surface area (Å²) in [6.07, 6.45) is 12.9. The van der Waals surface area contributed by atoms with Crippen LogP contribution in [0.3, 0.4) is 0 Å². The molecule has 216 valence electrons. The molecule has 3 rings (SSSR count). The van der Waals surface area contributed by atoms with Crippen molar-refractivity contribution in [2.45, 2.75) is 90.1 Å². The predicted octanol–water partition coefficient (Wildman–Crippen LogP) is 4.03. The van der Waals surface area contributed by atoms with Crippen molar-refractivity contribution in [3.8, 4) is 11.5 Å². The topological polar surface area (TPSA) is 124 Å². The third-order valence-electron chi connectivity index (χ3n) is 7.22. The van der Waals surface area contributed by atoms with Crippen molar-refractivity contribution in [3.05, 3.63) is 59.7 Å². The minimum Gasteiger partial charge on any atom is -0.592 e. The van der Waals surface area contributed by atoms with E-state index in [1.54, 1.807) is 25.3 Å². The van der Waals surface area contributed by atoms with Gasteiger partial charge in [0.1, 0.15) is 12.2 Å². The largest absolute Gasteiger partial charge is 0.592 e. The first kappa shape index (κ1) is 30.9. The van der Waals surface area contributed by atoms with Crippen LogP contribution in [0.1, 0.15) is 64.9 Å². The van der Waals surface area contributed by atoms with E-state index in [0.29, 0.717) is 24.8 Å². The first-order chi connectivity index (χ1) is 18.8. The van der Waals surface area contributed by atoms with E-state index in [4.69, 9.17) is 9.47 Å². The van der Waals surface area contributed by atoms with Gasteiger partial charge in [-0.1, -0.05) is 38.0 Å². The van der Waals surface area contributed by atoms with Crippen LogP contribution in [0.2, 0.25) is 0 Å². The molecule has 1 unspecified atom stereocenters. The number of rotatable bonds is 18. The second-order valence-corrected chi connectivity index (χ2v) is 10.6. The fourth-order valence-electron chi connectivity index (χ4n) is 4.76. The molecule has 0 saturated carbocycles. The number of phenolic OH excluding ortho intramolecular Hbond substituents is 1. The normalized spacial score (nSPS) is 19.6. The molecule has 2 heterocycles. The van der Waals surface area contributed by atoms with Crippen LogP contribution in [0.15, 0.2) is 46.7 Å². The number of aliphatic hydroxyl groups is 3. The maximum atomic E-state index is 10.7. The molecule has 0 saturated heterocycles. The van der Waals surface area contributed by atoms with Crippen LogP contribution in [0.4, 0.5) is 0 Å². The summed E-state index contributed by atoms with van der Waals surface area (Å²) in [7, 11) is 0. The summed E-state index contributed by atoms with van der Waals surface area (Å²) in [4.78, 5) is 4.40. The van der Waals surface area contributed by atoms with Gasteiger partial charge in [-0.2, -0.15) is 12.5 Å². The molecular weight excluding hydrogens is 496 g/mol. The lowest BCUT2D eigenvalue weighted by atomic mass is 9.90. The van der Waals surface area contributed by atoms with Crippen molar-refractivity contribution in [2.24, 2.45) is 10.9 Å². The van der Waals surface area contributed by atoms with Crippen LogP contribution in [0.25, 0.3) is 0 Å². The Morgan fingerprint density at radius 3 is 2.77 bits per heavy atom. The number of aryl methyl sites for hydroxylation is 1. The smallest absolute Gasteiger partial charge is 0.181 e. The number of phenols is 1. The number of aliphatic hydroxyl groups excluding tert-OH is 3. The zero-order valence-electron chi connectivity index (χ0n) is 23.6. The standard InChI is InChI=1S/C31H46N2O6/c1-4-5-7-25-12-13-26(39-25)11-9-23-10-14-29(36)31(16-23)38-20-30(37)28-17-24(19-33-28)22(3)27(8-6-15-34)32-18-21(2)35/h10,12-14,16-17,19,21-22,25,27,30,32,34-37H,4-9,11,15,18,20H2,1-3H3/t21-,22-,25?,27-,30-/m0/s1. The van der Waals surface area contributed by atoms with Crippen molar-refractivity contribution in [3.63, 3.8) is 0 Å². The molecule has 2 aliphatic rings. The van der Waals surface area contributed by atoms with Crippen LogP contribution < -0.4 is 10.1 Å². The Bertz CT molecular complexity index is 976. The number of unbranched alkanes of at least 4 members (excludes halogenated alkanes) is 1. The third-order valence-corrected chi connectivity index (χ3v) is 7.22. The fourth-order valence-corrected chi connectivity index (χ4v) is 4.76. The summed E-state index contributed by atoms with van der Waals surface area (Å²) < 4.78 is 11.8. The average molecular weight is 543 g/mol. The second kappa shape index (κ2) is 15.8. The van der Waals surface area contributed by atoms with E-state index < -0.39 is 12.2 Å². The van der Waals surface area contributed by atoms with Gasteiger partial charge in [-0.25, -0.2) is 0 Å². The summed E-state index contributed by atoms with van der Waals surface area (Å²) >= 11 is 0. The molecule has 8 nitrogen and oxygen atoms in total. The van der Waals surface area contributed by atoms with E-state index in [1.165, 1.54) is 0 Å². The molecule has 39 heavy (non-hydrogen) atoms. The molecule has 8 heteroatoms. The molecule has 5 atom stereocenters. The lowest BCUT2D eigenvalue weighted by molar-refractivity contribution is 0.120. The quantitative estimate of drug-likeness (QED) is 0.177. The van der Waals surface area contributed by atoms with Crippen molar-refractivity contribution in [2.75, 3.05) is 19.8 Å². The van der Waals surface area contributed by atoms with Crippen molar-refractivity contribution >= 4 is 6.21 Å². The Kier molecular flexibility index (Phi) is 12.5. The highest BCUT2D eigenvalue weighted by atomic mass is 16.5. The van der Waals surface area contributed by atoms with Crippen molar-refractivity contribution < 1.29 is 29.9 Å². The van der Waals surface area contributed by atoms with Gasteiger partial charge in [0.25, 0.3) is 0 Å². The Morgan fingerprint density at radius 2 is 2.03 bits per heavy atom. The number of ether oxygens (including phenoxy) is 2. The maximum Gasteiger partial charge on any atom is 0.181 e. The number of hydrogen-bond acceptors (Lipinski definition) is 8. The number of benzene rings is 1. The summed E-state index contributed by atoms with van der Waals surface area (Å²) in [6.45, 7) is 6.51. The van der Waals surface area contributed by atoms with Gasteiger partial charge in [0.2, 0.25) is 0 Å². The molecule has 0 bridgehead atoms. The van der Waals surface area contributed by atoms with E-state index in [0.717, 1.165) is 55.4 Å². The molecule has 1 aromatic carbocycles. The monoisotopic (exact) mass is 542 g/mol. The minimum atomic E-state index is -0.956. The van der Waals surface area contributed by atoms with E-state index in [1.807, 2.05) is 12.1 Å². The van der Waals surface area contributed by atoms with Gasteiger partial charge in [0, 0.05) is 25.3 Å². The number of nitrogens with zero attached hydrogens (tertiary/aromatic N) is 1. The van der Waals surface area contributed by atoms with E-state index in [-0.39, 0.29) is 37.0 Å². The van der Waals surface area contributed by atoms with Gasteiger partial charge >= 0.3 is 0 Å². The van der Waals surface area contributed by atoms with Crippen LogP contribution in [-0.2, 0) is 11.2 Å². The molecular formula is C31H46N2O6. The van der Waals surface area contributed by atoms with Gasteiger partial charge in [0.05, 0.1) is 18.1 Å². The predicted molar refractivity (Wildman–Crippen MR) is 153 cm³/mol. The third kappa shape index (κ3) is 9.80. The maximum absolute atomic E-state index is 10.7. The molecule has 0 fully saturated rings. The van der Waals surface area contributed by atoms with Crippen LogP contribution in [0, 0.1) is 18.4 Å². The second-order valence-electron chi connectivity index (χ2n) is 10.6. The van der Waals surface area contributed by atoms with Gasteiger partial charge in [0.15, 0.2) is 29.9 Å². The Morgan fingerprint density at radius 1 is 1.21 bits per heavy atom. The molecule has 0 amide bonds. The highest BCUT2D eigenvalue weighted by Crippen LogP contribution is 2.31. The molecule has 2 aliphatic heterocycles. The first-order valence-electron chi connectivity index (χ1n) is 14.3. The summed E-state index contributed by atoms with van der Waals surface area (Å²) in [5, 5.41) is 43.4. The summed E-state index contributed by atoms with van der Waals surface area (Å²) in [5.74, 6) is 1.40. The zero-order chi connectivity index (χ0) is 28.2.